The zero-order chi connectivity index (χ0) is 24.4. The molecule has 2 heterocycles. The van der Waals surface area contributed by atoms with Crippen LogP contribution in [0.5, 0.6) is 11.5 Å². The molecule has 0 radical (unpaired) electrons. The minimum atomic E-state index is -0.370. The van der Waals surface area contributed by atoms with Crippen LogP contribution in [0.25, 0.3) is 17.0 Å². The fraction of sp³-hybridized carbons (Fsp3) is 0.346. The van der Waals surface area contributed by atoms with E-state index in [0.29, 0.717) is 28.5 Å². The van der Waals surface area contributed by atoms with Crippen LogP contribution in [0, 0.1) is 12.8 Å². The molecule has 1 aliphatic heterocycles. The molecule has 0 aliphatic carbocycles. The molecular weight excluding hydrogens is 448 g/mol. The second kappa shape index (κ2) is 9.85. The van der Waals surface area contributed by atoms with E-state index in [2.05, 4.69) is 29.2 Å². The number of methoxy groups -OCH3 is 1. The van der Waals surface area contributed by atoms with E-state index in [9.17, 15) is 5.11 Å². The molecule has 178 valence electrons. The number of ether oxygens (including phenoxy) is 1. The summed E-state index contributed by atoms with van der Waals surface area (Å²) in [5.41, 5.74) is 4.63. The molecule has 2 aromatic carbocycles. The number of aromatic hydroxyl groups is 1. The van der Waals surface area contributed by atoms with Crippen molar-refractivity contribution in [1.82, 2.24) is 20.4 Å². The summed E-state index contributed by atoms with van der Waals surface area (Å²) in [5.74, 6) is 1.93. The lowest BCUT2D eigenvalue weighted by Gasteiger charge is -2.37. The van der Waals surface area contributed by atoms with E-state index in [-0.39, 0.29) is 11.8 Å². The molecular formula is C26H30N4O3S. The lowest BCUT2D eigenvalue weighted by Crippen LogP contribution is -2.46. The number of rotatable bonds is 7. The maximum Gasteiger partial charge on any atom is 0.258 e. The van der Waals surface area contributed by atoms with Gasteiger partial charge in [-0.3, -0.25) is 0 Å². The molecule has 0 saturated carbocycles. The van der Waals surface area contributed by atoms with Crippen molar-refractivity contribution >= 4 is 22.9 Å². The Hall–Kier alpha value is -3.39. The van der Waals surface area contributed by atoms with E-state index in [4.69, 9.17) is 26.5 Å². The molecule has 0 amide bonds. The van der Waals surface area contributed by atoms with Gasteiger partial charge in [-0.05, 0) is 56.1 Å². The zero-order valence-electron chi connectivity index (χ0n) is 20.1. The number of nitrogens with one attached hydrogen (secondary N) is 1. The van der Waals surface area contributed by atoms with Gasteiger partial charge in [-0.1, -0.05) is 54.9 Å². The van der Waals surface area contributed by atoms with Gasteiger partial charge >= 0.3 is 0 Å². The highest BCUT2D eigenvalue weighted by Crippen LogP contribution is 2.40. The number of allylic oxidation sites excluding steroid dienone is 1. The van der Waals surface area contributed by atoms with Gasteiger partial charge in [0, 0.05) is 17.8 Å². The monoisotopic (exact) mass is 478 g/mol. The normalized spacial score (nSPS) is 16.2. The van der Waals surface area contributed by atoms with Crippen LogP contribution in [0.2, 0.25) is 0 Å². The van der Waals surface area contributed by atoms with E-state index < -0.39 is 0 Å². The fourth-order valence-corrected chi connectivity index (χ4v) is 4.35. The first-order chi connectivity index (χ1) is 16.3. The highest BCUT2D eigenvalue weighted by Gasteiger charge is 2.34. The van der Waals surface area contributed by atoms with Gasteiger partial charge in [0.15, 0.2) is 16.6 Å². The van der Waals surface area contributed by atoms with Crippen molar-refractivity contribution in [2.75, 3.05) is 13.7 Å². The summed E-state index contributed by atoms with van der Waals surface area (Å²) in [6, 6.07) is 12.9. The lowest BCUT2D eigenvalue weighted by atomic mass is 9.94. The number of aromatic nitrogens is 2. The summed E-state index contributed by atoms with van der Waals surface area (Å²) in [5, 5.41) is 18.7. The Morgan fingerprint density at radius 1 is 1.18 bits per heavy atom. The molecule has 1 unspecified atom stereocenters. The first-order valence-electron chi connectivity index (χ1n) is 11.3. The van der Waals surface area contributed by atoms with Crippen molar-refractivity contribution in [2.24, 2.45) is 5.92 Å². The Morgan fingerprint density at radius 2 is 1.91 bits per heavy atom. The fourth-order valence-electron chi connectivity index (χ4n) is 4.00. The zero-order valence-corrected chi connectivity index (χ0v) is 20.9. The summed E-state index contributed by atoms with van der Waals surface area (Å²) in [4.78, 5) is 6.82. The van der Waals surface area contributed by atoms with Gasteiger partial charge in [-0.15, -0.1) is 0 Å². The number of aryl methyl sites for hydroxylation is 1. The van der Waals surface area contributed by atoms with E-state index >= 15 is 0 Å². The first-order valence-corrected chi connectivity index (χ1v) is 11.8. The van der Waals surface area contributed by atoms with Crippen LogP contribution in [0.3, 0.4) is 0 Å². The van der Waals surface area contributed by atoms with E-state index in [1.165, 1.54) is 7.11 Å². The van der Waals surface area contributed by atoms with Gasteiger partial charge in [0.1, 0.15) is 0 Å². The molecule has 0 bridgehead atoms. The molecule has 4 rings (SSSR count). The average Bonchev–Trinajstić information content (AvgIpc) is 3.28. The minimum Gasteiger partial charge on any atom is -0.504 e. The van der Waals surface area contributed by atoms with E-state index in [0.717, 1.165) is 40.9 Å². The molecule has 0 spiro atoms. The third-order valence-corrected chi connectivity index (χ3v) is 6.37. The summed E-state index contributed by atoms with van der Waals surface area (Å²) in [6.07, 6.45) is 0.985. The molecule has 1 aromatic heterocycles. The number of thiocarbonyl (C=S) groups is 1. The third kappa shape index (κ3) is 4.77. The van der Waals surface area contributed by atoms with E-state index in [1.54, 1.807) is 12.1 Å². The number of hydrogen-bond donors (Lipinski definition) is 2. The predicted molar refractivity (Wildman–Crippen MR) is 136 cm³/mol. The number of nitrogens with zero attached hydrogens (tertiary/aromatic N) is 3. The maximum atomic E-state index is 10.4. The Bertz CT molecular complexity index is 1220. The van der Waals surface area contributed by atoms with Gasteiger partial charge in [0.2, 0.25) is 5.82 Å². The highest BCUT2D eigenvalue weighted by atomic mass is 32.1. The summed E-state index contributed by atoms with van der Waals surface area (Å²) < 4.78 is 11.0. The lowest BCUT2D eigenvalue weighted by molar-refractivity contribution is 0.372. The van der Waals surface area contributed by atoms with Crippen LogP contribution >= 0.6 is 12.2 Å². The second-order valence-corrected chi connectivity index (χ2v) is 9.32. The van der Waals surface area contributed by atoms with Crippen molar-refractivity contribution in [2.45, 2.75) is 40.2 Å². The third-order valence-electron chi connectivity index (χ3n) is 6.03. The quantitative estimate of drug-likeness (QED) is 0.433. The van der Waals surface area contributed by atoms with Crippen LogP contribution in [-0.2, 0) is 0 Å². The van der Waals surface area contributed by atoms with Gasteiger partial charge in [-0.25, -0.2) is 0 Å². The number of phenols is 1. The van der Waals surface area contributed by atoms with Crippen molar-refractivity contribution < 1.29 is 14.4 Å². The molecule has 34 heavy (non-hydrogen) atoms. The molecule has 7 nitrogen and oxygen atoms in total. The van der Waals surface area contributed by atoms with Crippen LogP contribution in [0.4, 0.5) is 0 Å². The Labute approximate surface area is 205 Å². The maximum absolute atomic E-state index is 10.4. The first kappa shape index (κ1) is 23.8. The summed E-state index contributed by atoms with van der Waals surface area (Å²) >= 11 is 5.74. The largest absolute Gasteiger partial charge is 0.504 e. The second-order valence-electron chi connectivity index (χ2n) is 8.94. The molecule has 1 aliphatic rings. The predicted octanol–water partition coefficient (Wildman–Crippen LogP) is 5.47. The van der Waals surface area contributed by atoms with Gasteiger partial charge in [0.05, 0.1) is 18.7 Å². The number of benzene rings is 2. The molecule has 0 saturated heterocycles. The summed E-state index contributed by atoms with van der Waals surface area (Å²) in [7, 11) is 1.52. The summed E-state index contributed by atoms with van der Waals surface area (Å²) in [6.45, 7) is 9.22. The molecule has 3 aromatic rings. The van der Waals surface area contributed by atoms with Crippen LogP contribution in [0.15, 0.2) is 52.7 Å². The average molecular weight is 479 g/mol. The van der Waals surface area contributed by atoms with Crippen LogP contribution < -0.4 is 10.1 Å². The minimum absolute atomic E-state index is 0.0535. The van der Waals surface area contributed by atoms with Crippen LogP contribution in [0.1, 0.15) is 50.3 Å². The van der Waals surface area contributed by atoms with Crippen molar-refractivity contribution in [3.05, 3.63) is 65.2 Å². The van der Waals surface area contributed by atoms with Crippen molar-refractivity contribution in [1.29, 1.82) is 0 Å². The van der Waals surface area contributed by atoms with Gasteiger partial charge < -0.3 is 24.6 Å². The standard InChI is InChI=1S/C26H30N4O3S/c1-15(2)12-13-30-17(4)22(25-28-24(29-33-25)18-8-6-16(3)7-9-18)23(27-26(30)34)19-10-11-21(32-5)20(31)14-19/h6-11,14-15,23,31H,12-13H2,1-5H3,(H,27,34). The highest BCUT2D eigenvalue weighted by molar-refractivity contribution is 7.80. The Kier molecular flexibility index (Phi) is 6.88. The van der Waals surface area contributed by atoms with Crippen molar-refractivity contribution in [3.8, 4) is 22.9 Å². The number of hydrogen-bond acceptors (Lipinski definition) is 6. The molecule has 1 atom stereocenters. The topological polar surface area (TPSA) is 83.7 Å². The molecule has 0 fully saturated rings. The molecule has 8 heteroatoms. The number of phenolic OH excluding ortho intramolecular Hbond substituents is 1. The SMILES string of the molecule is COc1ccc(C2NC(=S)N(CCC(C)C)C(C)=C2c2nc(-c3ccc(C)cc3)no2)cc1O. The van der Waals surface area contributed by atoms with Crippen LogP contribution in [-0.4, -0.2) is 38.9 Å². The van der Waals surface area contributed by atoms with E-state index in [1.807, 2.05) is 44.2 Å². The van der Waals surface area contributed by atoms with Gasteiger partial charge in [0.25, 0.3) is 5.89 Å². The van der Waals surface area contributed by atoms with Gasteiger partial charge in [-0.2, -0.15) is 4.98 Å². The molecule has 2 N–H and O–H groups in total. The van der Waals surface area contributed by atoms with Crippen molar-refractivity contribution in [3.63, 3.8) is 0 Å². The Morgan fingerprint density at radius 3 is 2.56 bits per heavy atom. The Balaban J connectivity index is 1.79. The smallest absolute Gasteiger partial charge is 0.258 e.